The van der Waals surface area contributed by atoms with Crippen LogP contribution in [0.4, 0.5) is 5.69 Å². The zero-order chi connectivity index (χ0) is 22.5. The predicted molar refractivity (Wildman–Crippen MR) is 124 cm³/mol. The summed E-state index contributed by atoms with van der Waals surface area (Å²) in [6.07, 6.45) is 0.901. The second-order valence-electron chi connectivity index (χ2n) is 7.74. The highest BCUT2D eigenvalue weighted by atomic mass is 16.5. The molecule has 0 saturated carbocycles. The van der Waals surface area contributed by atoms with E-state index in [1.54, 1.807) is 50.6 Å². The summed E-state index contributed by atoms with van der Waals surface area (Å²) < 4.78 is 10.4. The molecule has 1 N–H and O–H groups in total. The molecule has 1 fully saturated rings. The number of ether oxygens (including phenoxy) is 2. The number of carbonyl (C=O) groups excluding carboxylic acids is 2. The first-order valence-corrected chi connectivity index (χ1v) is 10.6. The smallest absolute Gasteiger partial charge is 0.255 e. The summed E-state index contributed by atoms with van der Waals surface area (Å²) in [6, 6.07) is 22.0. The van der Waals surface area contributed by atoms with Gasteiger partial charge in [0.25, 0.3) is 11.8 Å². The molecule has 32 heavy (non-hydrogen) atoms. The van der Waals surface area contributed by atoms with E-state index in [0.29, 0.717) is 35.7 Å². The fourth-order valence-electron chi connectivity index (χ4n) is 3.98. The van der Waals surface area contributed by atoms with Crippen molar-refractivity contribution in [1.29, 1.82) is 0 Å². The third-order valence-corrected chi connectivity index (χ3v) is 5.82. The molecule has 1 aliphatic rings. The van der Waals surface area contributed by atoms with E-state index in [1.165, 1.54) is 5.56 Å². The Morgan fingerprint density at radius 2 is 1.50 bits per heavy atom. The van der Waals surface area contributed by atoms with E-state index in [0.717, 1.165) is 12.2 Å². The lowest BCUT2D eigenvalue weighted by atomic mass is 9.98. The van der Waals surface area contributed by atoms with Gasteiger partial charge in [-0.3, -0.25) is 9.59 Å². The van der Waals surface area contributed by atoms with Crippen LogP contribution in [-0.2, 0) is 0 Å². The van der Waals surface area contributed by atoms with Gasteiger partial charge in [-0.1, -0.05) is 24.3 Å². The molecule has 1 unspecified atom stereocenters. The Bertz CT molecular complexity index is 1090. The maximum absolute atomic E-state index is 13.3. The van der Waals surface area contributed by atoms with E-state index >= 15 is 0 Å². The quantitative estimate of drug-likeness (QED) is 0.621. The molecule has 0 radical (unpaired) electrons. The van der Waals surface area contributed by atoms with Gasteiger partial charge in [0.1, 0.15) is 11.5 Å². The molecule has 3 aromatic carbocycles. The summed E-state index contributed by atoms with van der Waals surface area (Å²) in [5.41, 5.74) is 2.69. The number of carbonyl (C=O) groups is 2. The number of rotatable bonds is 6. The number of benzene rings is 3. The largest absolute Gasteiger partial charge is 0.497 e. The highest BCUT2D eigenvalue weighted by molar-refractivity contribution is 6.09. The van der Waals surface area contributed by atoms with Gasteiger partial charge < -0.3 is 19.7 Å². The molecule has 2 amide bonds. The van der Waals surface area contributed by atoms with Crippen LogP contribution in [0, 0.1) is 0 Å². The van der Waals surface area contributed by atoms with Gasteiger partial charge in [0, 0.05) is 24.6 Å². The number of anilines is 1. The second-order valence-corrected chi connectivity index (χ2v) is 7.74. The highest BCUT2D eigenvalue weighted by Crippen LogP contribution is 2.30. The molecule has 0 aliphatic carbocycles. The molecule has 0 spiro atoms. The van der Waals surface area contributed by atoms with Gasteiger partial charge in [-0.2, -0.15) is 0 Å². The van der Waals surface area contributed by atoms with Crippen molar-refractivity contribution >= 4 is 17.5 Å². The molecule has 4 rings (SSSR count). The minimum Gasteiger partial charge on any atom is -0.497 e. The van der Waals surface area contributed by atoms with Crippen LogP contribution in [0.2, 0.25) is 0 Å². The monoisotopic (exact) mass is 430 g/mol. The molecule has 0 aromatic heterocycles. The Balaban J connectivity index is 1.46. The molecule has 6 nitrogen and oxygen atoms in total. The Kier molecular flexibility index (Phi) is 6.40. The van der Waals surface area contributed by atoms with Gasteiger partial charge in [0.15, 0.2) is 0 Å². The Hall–Kier alpha value is -3.80. The molecule has 164 valence electrons. The minimum atomic E-state index is -0.273. The summed E-state index contributed by atoms with van der Waals surface area (Å²) in [4.78, 5) is 27.9. The number of hydrogen-bond donors (Lipinski definition) is 1. The van der Waals surface area contributed by atoms with Gasteiger partial charge in [0.2, 0.25) is 0 Å². The Labute approximate surface area is 187 Å². The molecule has 1 saturated heterocycles. The van der Waals surface area contributed by atoms with Crippen molar-refractivity contribution in [2.75, 3.05) is 32.6 Å². The maximum atomic E-state index is 13.3. The predicted octanol–water partition coefficient (Wildman–Crippen LogP) is 4.59. The van der Waals surface area contributed by atoms with Crippen molar-refractivity contribution in [2.24, 2.45) is 0 Å². The lowest BCUT2D eigenvalue weighted by molar-refractivity contribution is 0.0792. The molecule has 1 aliphatic heterocycles. The molecular weight excluding hydrogens is 404 g/mol. The van der Waals surface area contributed by atoms with Crippen LogP contribution in [0.5, 0.6) is 11.5 Å². The summed E-state index contributed by atoms with van der Waals surface area (Å²) in [6.45, 7) is 1.32. The van der Waals surface area contributed by atoms with Crippen molar-refractivity contribution < 1.29 is 19.1 Å². The van der Waals surface area contributed by atoms with E-state index in [2.05, 4.69) is 17.4 Å². The average molecular weight is 431 g/mol. The van der Waals surface area contributed by atoms with Crippen LogP contribution in [0.15, 0.2) is 72.8 Å². The van der Waals surface area contributed by atoms with Crippen LogP contribution < -0.4 is 14.8 Å². The number of hydrogen-bond acceptors (Lipinski definition) is 4. The van der Waals surface area contributed by atoms with Crippen molar-refractivity contribution in [3.05, 3.63) is 89.5 Å². The van der Waals surface area contributed by atoms with Crippen LogP contribution in [-0.4, -0.2) is 44.0 Å². The molecule has 0 bridgehead atoms. The van der Waals surface area contributed by atoms with E-state index in [4.69, 9.17) is 9.47 Å². The van der Waals surface area contributed by atoms with Crippen LogP contribution >= 0.6 is 0 Å². The van der Waals surface area contributed by atoms with Gasteiger partial charge in [-0.15, -0.1) is 0 Å². The van der Waals surface area contributed by atoms with Gasteiger partial charge in [-0.25, -0.2) is 0 Å². The molecule has 1 atom stereocenters. The summed E-state index contributed by atoms with van der Waals surface area (Å²) in [5.74, 6) is 1.43. The zero-order valence-electron chi connectivity index (χ0n) is 18.2. The summed E-state index contributed by atoms with van der Waals surface area (Å²) >= 11 is 0. The number of likely N-dealkylation sites (tertiary alicyclic amines) is 1. The van der Waals surface area contributed by atoms with Crippen molar-refractivity contribution in [3.8, 4) is 11.5 Å². The standard InChI is InChI=1S/C26H26N2O4/c1-31-21-11-7-18(8-12-21)20-15-16-28(17-20)26(30)23-5-3-4-6-24(23)27-25(29)19-9-13-22(32-2)14-10-19/h3-14,20H,15-17H2,1-2H3,(H,27,29). The molecule has 1 heterocycles. The van der Waals surface area contributed by atoms with Crippen LogP contribution in [0.3, 0.4) is 0 Å². The summed E-state index contributed by atoms with van der Waals surface area (Å²) in [5, 5.41) is 2.88. The second kappa shape index (κ2) is 9.56. The summed E-state index contributed by atoms with van der Waals surface area (Å²) in [7, 11) is 3.23. The normalized spacial score (nSPS) is 15.3. The number of nitrogens with one attached hydrogen (secondary N) is 1. The Morgan fingerprint density at radius 1 is 0.875 bits per heavy atom. The van der Waals surface area contributed by atoms with E-state index in [1.807, 2.05) is 29.2 Å². The number of para-hydroxylation sites is 1. The van der Waals surface area contributed by atoms with Gasteiger partial charge in [0.05, 0.1) is 25.5 Å². The van der Waals surface area contributed by atoms with Crippen molar-refractivity contribution in [3.63, 3.8) is 0 Å². The van der Waals surface area contributed by atoms with E-state index in [-0.39, 0.29) is 17.7 Å². The third-order valence-electron chi connectivity index (χ3n) is 5.82. The van der Waals surface area contributed by atoms with Crippen LogP contribution in [0.1, 0.15) is 38.6 Å². The topological polar surface area (TPSA) is 67.9 Å². The number of nitrogens with zero attached hydrogens (tertiary/aromatic N) is 1. The molecular formula is C26H26N2O4. The maximum Gasteiger partial charge on any atom is 0.255 e. The van der Waals surface area contributed by atoms with E-state index in [9.17, 15) is 9.59 Å². The fourth-order valence-corrected chi connectivity index (χ4v) is 3.98. The minimum absolute atomic E-state index is 0.0772. The average Bonchev–Trinajstić information content (AvgIpc) is 3.34. The lowest BCUT2D eigenvalue weighted by Gasteiger charge is -2.19. The van der Waals surface area contributed by atoms with Crippen LogP contribution in [0.25, 0.3) is 0 Å². The lowest BCUT2D eigenvalue weighted by Crippen LogP contribution is -2.29. The number of methoxy groups -OCH3 is 2. The van der Waals surface area contributed by atoms with Gasteiger partial charge >= 0.3 is 0 Å². The van der Waals surface area contributed by atoms with Gasteiger partial charge in [-0.05, 0) is 60.5 Å². The highest BCUT2D eigenvalue weighted by Gasteiger charge is 2.29. The van der Waals surface area contributed by atoms with E-state index < -0.39 is 0 Å². The first-order valence-electron chi connectivity index (χ1n) is 10.6. The SMILES string of the molecule is COc1ccc(C(=O)Nc2ccccc2C(=O)N2CCC(c3ccc(OC)cc3)C2)cc1. The fraction of sp³-hybridized carbons (Fsp3) is 0.231. The van der Waals surface area contributed by atoms with Crippen molar-refractivity contribution in [2.45, 2.75) is 12.3 Å². The molecule has 3 aromatic rings. The van der Waals surface area contributed by atoms with Crippen molar-refractivity contribution in [1.82, 2.24) is 4.90 Å². The first kappa shape index (κ1) is 21.4. The Morgan fingerprint density at radius 3 is 2.16 bits per heavy atom. The molecule has 6 heteroatoms. The first-order chi connectivity index (χ1) is 15.6. The zero-order valence-corrected chi connectivity index (χ0v) is 18.2. The number of amides is 2. The third kappa shape index (κ3) is 4.59.